The summed E-state index contributed by atoms with van der Waals surface area (Å²) < 4.78 is 10.6. The summed E-state index contributed by atoms with van der Waals surface area (Å²) in [6, 6.07) is -0.194. The minimum Gasteiger partial charge on any atom is -0.468 e. The van der Waals surface area contributed by atoms with E-state index in [1.165, 1.54) is 7.11 Å². The van der Waals surface area contributed by atoms with Crippen molar-refractivity contribution in [3.63, 3.8) is 0 Å². The first-order valence-electron chi connectivity index (χ1n) is 5.43. The number of carbonyl (C=O) groups excluding carboxylic acids is 1. The standard InChI is InChI=1S/C11H21NO3/c1-8-7-12-9(10(13)14-4)5-6-11(2,3)15-8/h8-9,12H,5-7H2,1-4H3/t8-,9+/m1/s1. The van der Waals surface area contributed by atoms with Gasteiger partial charge in [-0.2, -0.15) is 0 Å². The summed E-state index contributed by atoms with van der Waals surface area (Å²) >= 11 is 0. The van der Waals surface area contributed by atoms with Crippen molar-refractivity contribution in [3.05, 3.63) is 0 Å². The molecule has 0 radical (unpaired) electrons. The van der Waals surface area contributed by atoms with Gasteiger partial charge in [0, 0.05) is 6.54 Å². The van der Waals surface area contributed by atoms with Gasteiger partial charge >= 0.3 is 5.97 Å². The van der Waals surface area contributed by atoms with Crippen LogP contribution < -0.4 is 5.32 Å². The van der Waals surface area contributed by atoms with E-state index in [-0.39, 0.29) is 23.7 Å². The van der Waals surface area contributed by atoms with Gasteiger partial charge in [-0.05, 0) is 33.6 Å². The van der Waals surface area contributed by atoms with Crippen LogP contribution in [0.4, 0.5) is 0 Å². The smallest absolute Gasteiger partial charge is 0.322 e. The summed E-state index contributed by atoms with van der Waals surface area (Å²) in [5, 5.41) is 3.16. The highest BCUT2D eigenvalue weighted by molar-refractivity contribution is 5.75. The van der Waals surface area contributed by atoms with Gasteiger partial charge in [-0.1, -0.05) is 0 Å². The molecule has 1 aliphatic heterocycles. The molecule has 1 saturated heterocycles. The maximum absolute atomic E-state index is 11.4. The number of esters is 1. The van der Waals surface area contributed by atoms with Crippen LogP contribution in [0.1, 0.15) is 33.6 Å². The molecule has 0 aromatic rings. The van der Waals surface area contributed by atoms with Gasteiger partial charge in [-0.15, -0.1) is 0 Å². The molecule has 0 aromatic heterocycles. The van der Waals surface area contributed by atoms with E-state index < -0.39 is 0 Å². The summed E-state index contributed by atoms with van der Waals surface area (Å²) in [7, 11) is 1.42. The molecule has 2 atom stereocenters. The molecule has 4 nitrogen and oxygen atoms in total. The summed E-state index contributed by atoms with van der Waals surface area (Å²) in [4.78, 5) is 11.4. The maximum atomic E-state index is 11.4. The fourth-order valence-corrected chi connectivity index (χ4v) is 1.89. The Balaban J connectivity index is 2.60. The lowest BCUT2D eigenvalue weighted by Crippen LogP contribution is -2.47. The largest absolute Gasteiger partial charge is 0.468 e. The summed E-state index contributed by atoms with van der Waals surface area (Å²) in [5.41, 5.74) is -0.159. The monoisotopic (exact) mass is 215 g/mol. The quantitative estimate of drug-likeness (QED) is 0.665. The molecule has 15 heavy (non-hydrogen) atoms. The minimum absolute atomic E-state index is 0.118. The second kappa shape index (κ2) is 4.94. The van der Waals surface area contributed by atoms with Gasteiger partial charge in [0.15, 0.2) is 0 Å². The average molecular weight is 215 g/mol. The van der Waals surface area contributed by atoms with Crippen LogP contribution in [0.15, 0.2) is 0 Å². The number of rotatable bonds is 1. The Morgan fingerprint density at radius 1 is 1.53 bits per heavy atom. The molecular formula is C11H21NO3. The van der Waals surface area contributed by atoms with Crippen molar-refractivity contribution in [1.82, 2.24) is 5.32 Å². The van der Waals surface area contributed by atoms with Crippen LogP contribution >= 0.6 is 0 Å². The lowest BCUT2D eigenvalue weighted by Gasteiger charge is -2.34. The summed E-state index contributed by atoms with van der Waals surface area (Å²) in [5.74, 6) is -0.181. The lowest BCUT2D eigenvalue weighted by atomic mass is 9.97. The van der Waals surface area contributed by atoms with Crippen molar-refractivity contribution in [2.45, 2.75) is 51.4 Å². The Morgan fingerprint density at radius 2 is 2.20 bits per heavy atom. The highest BCUT2D eigenvalue weighted by Gasteiger charge is 2.29. The molecular weight excluding hydrogens is 194 g/mol. The van der Waals surface area contributed by atoms with Crippen molar-refractivity contribution in [2.24, 2.45) is 0 Å². The predicted molar refractivity (Wildman–Crippen MR) is 57.7 cm³/mol. The van der Waals surface area contributed by atoms with Crippen LogP contribution in [0.5, 0.6) is 0 Å². The summed E-state index contributed by atoms with van der Waals surface area (Å²) in [6.07, 6.45) is 1.73. The zero-order chi connectivity index (χ0) is 11.5. The number of hydrogen-bond donors (Lipinski definition) is 1. The van der Waals surface area contributed by atoms with E-state index in [0.29, 0.717) is 6.54 Å². The van der Waals surface area contributed by atoms with E-state index in [4.69, 9.17) is 9.47 Å². The first kappa shape index (κ1) is 12.5. The SMILES string of the molecule is COC(=O)[C@@H]1CCC(C)(C)O[C@H](C)CN1. The van der Waals surface area contributed by atoms with E-state index in [9.17, 15) is 4.79 Å². The third-order valence-electron chi connectivity index (χ3n) is 2.69. The minimum atomic E-state index is -0.194. The zero-order valence-electron chi connectivity index (χ0n) is 10.0. The van der Waals surface area contributed by atoms with Gasteiger partial charge in [0.25, 0.3) is 0 Å². The van der Waals surface area contributed by atoms with Gasteiger partial charge in [0.1, 0.15) is 6.04 Å². The lowest BCUT2D eigenvalue weighted by molar-refractivity contribution is -0.145. The average Bonchev–Trinajstić information content (AvgIpc) is 2.14. The number of hydrogen-bond acceptors (Lipinski definition) is 4. The van der Waals surface area contributed by atoms with E-state index in [1.807, 2.05) is 6.92 Å². The number of nitrogens with one attached hydrogen (secondary N) is 1. The molecule has 1 heterocycles. The summed E-state index contributed by atoms with van der Waals surface area (Å²) in [6.45, 7) is 6.81. The second-order valence-electron chi connectivity index (χ2n) is 4.71. The van der Waals surface area contributed by atoms with Crippen LogP contribution in [0.25, 0.3) is 0 Å². The maximum Gasteiger partial charge on any atom is 0.322 e. The van der Waals surface area contributed by atoms with Gasteiger partial charge in [0.05, 0.1) is 18.8 Å². The van der Waals surface area contributed by atoms with E-state index >= 15 is 0 Å². The normalized spacial score (nSPS) is 31.5. The zero-order valence-corrected chi connectivity index (χ0v) is 10.0. The van der Waals surface area contributed by atoms with Crippen LogP contribution in [0, 0.1) is 0 Å². The molecule has 0 amide bonds. The number of ether oxygens (including phenoxy) is 2. The third kappa shape index (κ3) is 3.80. The van der Waals surface area contributed by atoms with Crippen molar-refractivity contribution >= 4 is 5.97 Å². The molecule has 88 valence electrons. The van der Waals surface area contributed by atoms with Gasteiger partial charge in [-0.3, -0.25) is 4.79 Å². The molecule has 0 saturated carbocycles. The molecule has 0 spiro atoms. The molecule has 1 rings (SSSR count). The second-order valence-corrected chi connectivity index (χ2v) is 4.71. The Morgan fingerprint density at radius 3 is 2.80 bits per heavy atom. The molecule has 1 fully saturated rings. The van der Waals surface area contributed by atoms with E-state index in [0.717, 1.165) is 12.8 Å². The van der Waals surface area contributed by atoms with Crippen LogP contribution in [0.3, 0.4) is 0 Å². The Kier molecular flexibility index (Phi) is 4.11. The molecule has 1 aliphatic rings. The first-order valence-corrected chi connectivity index (χ1v) is 5.43. The Labute approximate surface area is 91.3 Å². The predicted octanol–water partition coefficient (Wildman–Crippen LogP) is 1.10. The fourth-order valence-electron chi connectivity index (χ4n) is 1.89. The molecule has 0 aliphatic carbocycles. The van der Waals surface area contributed by atoms with Crippen LogP contribution in [-0.2, 0) is 14.3 Å². The fraction of sp³-hybridized carbons (Fsp3) is 0.909. The number of methoxy groups -OCH3 is 1. The van der Waals surface area contributed by atoms with E-state index in [1.54, 1.807) is 0 Å². The van der Waals surface area contributed by atoms with Crippen molar-refractivity contribution in [3.8, 4) is 0 Å². The number of carbonyl (C=O) groups is 1. The van der Waals surface area contributed by atoms with Crippen molar-refractivity contribution in [1.29, 1.82) is 0 Å². The third-order valence-corrected chi connectivity index (χ3v) is 2.69. The molecule has 0 bridgehead atoms. The topological polar surface area (TPSA) is 47.6 Å². The van der Waals surface area contributed by atoms with E-state index in [2.05, 4.69) is 19.2 Å². The molecule has 0 aromatic carbocycles. The van der Waals surface area contributed by atoms with Crippen LogP contribution in [-0.4, -0.2) is 37.4 Å². The molecule has 0 unspecified atom stereocenters. The molecule has 1 N–H and O–H groups in total. The van der Waals surface area contributed by atoms with Crippen molar-refractivity contribution in [2.75, 3.05) is 13.7 Å². The van der Waals surface area contributed by atoms with Gasteiger partial charge in [-0.25, -0.2) is 0 Å². The Hall–Kier alpha value is -0.610. The highest BCUT2D eigenvalue weighted by Crippen LogP contribution is 2.22. The highest BCUT2D eigenvalue weighted by atomic mass is 16.5. The molecule has 4 heteroatoms. The van der Waals surface area contributed by atoms with Crippen LogP contribution in [0.2, 0.25) is 0 Å². The van der Waals surface area contributed by atoms with Gasteiger partial charge < -0.3 is 14.8 Å². The Bertz CT molecular complexity index is 228. The van der Waals surface area contributed by atoms with Crippen molar-refractivity contribution < 1.29 is 14.3 Å². The van der Waals surface area contributed by atoms with Gasteiger partial charge in [0.2, 0.25) is 0 Å². The first-order chi connectivity index (χ1) is 6.94.